The molecule has 0 saturated carbocycles. The number of esters is 1. The second-order valence-corrected chi connectivity index (χ2v) is 5.84. The number of carboxylic acid groups (broad SMARTS) is 1. The lowest BCUT2D eigenvalue weighted by Crippen LogP contribution is -2.07. The Morgan fingerprint density at radius 1 is 1.00 bits per heavy atom. The maximum absolute atomic E-state index is 11.2. The lowest BCUT2D eigenvalue weighted by Gasteiger charge is -2.17. The van der Waals surface area contributed by atoms with Crippen molar-refractivity contribution in [2.24, 2.45) is 5.41 Å². The van der Waals surface area contributed by atoms with Gasteiger partial charge in [0.1, 0.15) is 0 Å². The molecule has 0 aliphatic rings. The van der Waals surface area contributed by atoms with Crippen LogP contribution in [0.1, 0.15) is 65.7 Å². The van der Waals surface area contributed by atoms with Crippen molar-refractivity contribution in [3.05, 3.63) is 0 Å². The molecule has 0 aromatic heterocycles. The maximum Gasteiger partial charge on any atom is 0.305 e. The van der Waals surface area contributed by atoms with Crippen LogP contribution in [0.4, 0.5) is 0 Å². The summed E-state index contributed by atoms with van der Waals surface area (Å²) < 4.78 is 5.02. The van der Waals surface area contributed by atoms with E-state index in [2.05, 4.69) is 20.8 Å². The number of hydrogen-bond donors (Lipinski definition) is 1. The highest BCUT2D eigenvalue weighted by molar-refractivity contribution is 5.71. The molecular formula is C14H26O4. The Labute approximate surface area is 110 Å². The fourth-order valence-corrected chi connectivity index (χ4v) is 1.58. The molecule has 0 unspecified atom stereocenters. The SMILES string of the molecule is CC(C)(C)CCCCCOC(=O)CCCC(=O)O. The second-order valence-electron chi connectivity index (χ2n) is 5.84. The molecule has 0 saturated heterocycles. The van der Waals surface area contributed by atoms with Crippen molar-refractivity contribution in [1.29, 1.82) is 0 Å². The first kappa shape index (κ1) is 16.9. The van der Waals surface area contributed by atoms with Crippen molar-refractivity contribution in [2.45, 2.75) is 65.7 Å². The van der Waals surface area contributed by atoms with Crippen molar-refractivity contribution in [3.63, 3.8) is 0 Å². The molecule has 0 amide bonds. The maximum atomic E-state index is 11.2. The molecule has 0 aliphatic heterocycles. The summed E-state index contributed by atoms with van der Waals surface area (Å²) in [4.78, 5) is 21.4. The molecule has 18 heavy (non-hydrogen) atoms. The summed E-state index contributed by atoms with van der Waals surface area (Å²) in [6.07, 6.45) is 4.88. The average Bonchev–Trinajstić information content (AvgIpc) is 2.21. The van der Waals surface area contributed by atoms with Gasteiger partial charge in [-0.1, -0.05) is 33.6 Å². The van der Waals surface area contributed by atoms with Crippen molar-refractivity contribution < 1.29 is 19.4 Å². The lowest BCUT2D eigenvalue weighted by atomic mass is 9.89. The van der Waals surface area contributed by atoms with Crippen LogP contribution in [0.25, 0.3) is 0 Å². The summed E-state index contributed by atoms with van der Waals surface area (Å²) in [5, 5.41) is 8.41. The van der Waals surface area contributed by atoms with Gasteiger partial charge in [0, 0.05) is 12.8 Å². The van der Waals surface area contributed by atoms with Crippen LogP contribution in [0.3, 0.4) is 0 Å². The third-order valence-corrected chi connectivity index (χ3v) is 2.61. The number of hydrogen-bond acceptors (Lipinski definition) is 3. The molecule has 106 valence electrons. The van der Waals surface area contributed by atoms with Gasteiger partial charge in [-0.05, 0) is 24.7 Å². The summed E-state index contributed by atoms with van der Waals surface area (Å²) in [6, 6.07) is 0. The Morgan fingerprint density at radius 3 is 2.22 bits per heavy atom. The minimum Gasteiger partial charge on any atom is -0.481 e. The Morgan fingerprint density at radius 2 is 1.67 bits per heavy atom. The molecule has 0 radical (unpaired) electrons. The van der Waals surface area contributed by atoms with Gasteiger partial charge in [0.25, 0.3) is 0 Å². The molecule has 0 bridgehead atoms. The Bertz CT molecular complexity index is 253. The Balaban J connectivity index is 3.33. The first-order chi connectivity index (χ1) is 8.31. The van der Waals surface area contributed by atoms with E-state index in [0.717, 1.165) is 19.3 Å². The van der Waals surface area contributed by atoms with Crippen LogP contribution in [0.15, 0.2) is 0 Å². The second kappa shape index (κ2) is 8.95. The van der Waals surface area contributed by atoms with Crippen molar-refractivity contribution in [2.75, 3.05) is 6.61 Å². The highest BCUT2D eigenvalue weighted by atomic mass is 16.5. The number of carboxylic acids is 1. The van der Waals surface area contributed by atoms with E-state index in [1.54, 1.807) is 0 Å². The fourth-order valence-electron chi connectivity index (χ4n) is 1.58. The Hall–Kier alpha value is -1.06. The average molecular weight is 258 g/mol. The molecular weight excluding hydrogens is 232 g/mol. The van der Waals surface area contributed by atoms with Gasteiger partial charge < -0.3 is 9.84 Å². The number of carbonyl (C=O) groups excluding carboxylic acids is 1. The monoisotopic (exact) mass is 258 g/mol. The number of carbonyl (C=O) groups is 2. The third-order valence-electron chi connectivity index (χ3n) is 2.61. The number of aliphatic carboxylic acids is 1. The minimum absolute atomic E-state index is 0.0285. The molecule has 0 aromatic carbocycles. The topological polar surface area (TPSA) is 63.6 Å². The van der Waals surface area contributed by atoms with Gasteiger partial charge in [0.2, 0.25) is 0 Å². The molecule has 0 spiro atoms. The molecule has 0 rings (SSSR count). The van der Waals surface area contributed by atoms with Gasteiger partial charge in [-0.2, -0.15) is 0 Å². The summed E-state index contributed by atoms with van der Waals surface area (Å²) >= 11 is 0. The summed E-state index contributed by atoms with van der Waals surface area (Å²) in [7, 11) is 0. The normalized spacial score (nSPS) is 11.3. The summed E-state index contributed by atoms with van der Waals surface area (Å²) in [6.45, 7) is 7.11. The zero-order valence-electron chi connectivity index (χ0n) is 11.8. The van der Waals surface area contributed by atoms with E-state index in [4.69, 9.17) is 9.84 Å². The van der Waals surface area contributed by atoms with E-state index in [1.807, 2.05) is 0 Å². The molecule has 0 heterocycles. The highest BCUT2D eigenvalue weighted by Gasteiger charge is 2.09. The van der Waals surface area contributed by atoms with E-state index < -0.39 is 5.97 Å². The lowest BCUT2D eigenvalue weighted by molar-refractivity contribution is -0.144. The largest absolute Gasteiger partial charge is 0.481 e. The first-order valence-electron chi connectivity index (χ1n) is 6.69. The summed E-state index contributed by atoms with van der Waals surface area (Å²) in [5.74, 6) is -1.16. The molecule has 0 atom stereocenters. The molecule has 0 aliphatic carbocycles. The van der Waals surface area contributed by atoms with Crippen molar-refractivity contribution in [1.82, 2.24) is 0 Å². The number of ether oxygens (including phenoxy) is 1. The van der Waals surface area contributed by atoms with Gasteiger partial charge in [-0.25, -0.2) is 0 Å². The van der Waals surface area contributed by atoms with Gasteiger partial charge in [0.15, 0.2) is 0 Å². The van der Waals surface area contributed by atoms with Gasteiger partial charge in [-0.15, -0.1) is 0 Å². The van der Waals surface area contributed by atoms with Crippen LogP contribution < -0.4 is 0 Å². The predicted molar refractivity (Wildman–Crippen MR) is 70.4 cm³/mol. The molecule has 4 nitrogen and oxygen atoms in total. The van der Waals surface area contributed by atoms with Crippen molar-refractivity contribution in [3.8, 4) is 0 Å². The van der Waals surface area contributed by atoms with Crippen LogP contribution in [-0.2, 0) is 14.3 Å². The van der Waals surface area contributed by atoms with Crippen LogP contribution in [0, 0.1) is 5.41 Å². The highest BCUT2D eigenvalue weighted by Crippen LogP contribution is 2.21. The van der Waals surface area contributed by atoms with Crippen molar-refractivity contribution >= 4 is 11.9 Å². The zero-order valence-corrected chi connectivity index (χ0v) is 11.8. The molecule has 1 N–H and O–H groups in total. The standard InChI is InChI=1S/C14H26O4/c1-14(2,3)10-5-4-6-11-18-13(17)9-7-8-12(15)16/h4-11H2,1-3H3,(H,15,16). The van der Waals surface area contributed by atoms with E-state index in [1.165, 1.54) is 6.42 Å². The number of rotatable bonds is 9. The smallest absolute Gasteiger partial charge is 0.305 e. The van der Waals surface area contributed by atoms with E-state index in [9.17, 15) is 9.59 Å². The molecule has 0 aromatic rings. The van der Waals surface area contributed by atoms with Crippen LogP contribution in [0.5, 0.6) is 0 Å². The van der Waals surface area contributed by atoms with E-state index in [-0.39, 0.29) is 18.8 Å². The van der Waals surface area contributed by atoms with Crippen LogP contribution >= 0.6 is 0 Å². The predicted octanol–water partition coefficient (Wildman–Crippen LogP) is 3.39. The zero-order chi connectivity index (χ0) is 14.0. The van der Waals surface area contributed by atoms with Gasteiger partial charge in [-0.3, -0.25) is 9.59 Å². The van der Waals surface area contributed by atoms with Crippen LogP contribution in [-0.4, -0.2) is 23.7 Å². The van der Waals surface area contributed by atoms with E-state index in [0.29, 0.717) is 18.4 Å². The number of unbranched alkanes of at least 4 members (excludes halogenated alkanes) is 2. The summed E-state index contributed by atoms with van der Waals surface area (Å²) in [5.41, 5.74) is 0.369. The first-order valence-corrected chi connectivity index (χ1v) is 6.69. The van der Waals surface area contributed by atoms with Gasteiger partial charge in [0.05, 0.1) is 6.61 Å². The van der Waals surface area contributed by atoms with E-state index >= 15 is 0 Å². The third kappa shape index (κ3) is 13.0. The molecule has 0 fully saturated rings. The van der Waals surface area contributed by atoms with Gasteiger partial charge >= 0.3 is 11.9 Å². The van der Waals surface area contributed by atoms with Crippen LogP contribution in [0.2, 0.25) is 0 Å². The Kier molecular flexibility index (Phi) is 8.42. The minimum atomic E-state index is -0.870. The molecule has 4 heteroatoms. The quantitative estimate of drug-likeness (QED) is 0.508. The fraction of sp³-hybridized carbons (Fsp3) is 0.857.